The highest BCUT2D eigenvalue weighted by molar-refractivity contribution is 7.99. The summed E-state index contributed by atoms with van der Waals surface area (Å²) in [6.45, 7) is 3.15. The third-order valence-electron chi connectivity index (χ3n) is 2.88. The first-order chi connectivity index (χ1) is 10.4. The fraction of sp³-hybridized carbons (Fsp3) is 0.250. The van der Waals surface area contributed by atoms with Gasteiger partial charge in [0.2, 0.25) is 0 Å². The summed E-state index contributed by atoms with van der Waals surface area (Å²) in [5, 5.41) is 9.16. The molecule has 4 nitrogen and oxygen atoms in total. The van der Waals surface area contributed by atoms with E-state index in [-0.39, 0.29) is 11.5 Å². The molecular formula is C16H18O4S2. The van der Waals surface area contributed by atoms with Gasteiger partial charge in [0.25, 0.3) is 10.1 Å². The monoisotopic (exact) mass is 338 g/mol. The smallest absolute Gasteiger partial charge is 0.297 e. The summed E-state index contributed by atoms with van der Waals surface area (Å²) in [6, 6.07) is 14.6. The SMILES string of the molecule is Cc1ccc(S(=O)(=O)OC[C@H](C)O)cc1Sc1ccccc1. The van der Waals surface area contributed by atoms with E-state index >= 15 is 0 Å². The van der Waals surface area contributed by atoms with Crippen molar-refractivity contribution in [3.05, 3.63) is 54.1 Å². The number of aryl methyl sites for hydroxylation is 1. The van der Waals surface area contributed by atoms with E-state index in [4.69, 9.17) is 9.29 Å². The van der Waals surface area contributed by atoms with Crippen molar-refractivity contribution in [1.82, 2.24) is 0 Å². The van der Waals surface area contributed by atoms with Crippen molar-refractivity contribution in [3.8, 4) is 0 Å². The van der Waals surface area contributed by atoms with Crippen molar-refractivity contribution in [2.24, 2.45) is 0 Å². The number of aliphatic hydroxyl groups is 1. The summed E-state index contributed by atoms with van der Waals surface area (Å²) in [7, 11) is -3.86. The number of benzene rings is 2. The molecule has 2 rings (SSSR count). The van der Waals surface area contributed by atoms with Crippen molar-refractivity contribution in [2.45, 2.75) is 34.6 Å². The van der Waals surface area contributed by atoms with Crippen LogP contribution in [-0.2, 0) is 14.3 Å². The normalized spacial score (nSPS) is 13.0. The summed E-state index contributed by atoms with van der Waals surface area (Å²) >= 11 is 1.50. The van der Waals surface area contributed by atoms with Crippen molar-refractivity contribution >= 4 is 21.9 Å². The van der Waals surface area contributed by atoms with Gasteiger partial charge in [0.1, 0.15) is 0 Å². The fourth-order valence-corrected chi connectivity index (χ4v) is 3.76. The van der Waals surface area contributed by atoms with E-state index in [0.29, 0.717) is 0 Å². The summed E-state index contributed by atoms with van der Waals surface area (Å²) in [5.41, 5.74) is 0.989. The Morgan fingerprint density at radius 2 is 1.86 bits per heavy atom. The number of aliphatic hydroxyl groups excluding tert-OH is 1. The predicted molar refractivity (Wildman–Crippen MR) is 86.6 cm³/mol. The average Bonchev–Trinajstić information content (AvgIpc) is 2.48. The lowest BCUT2D eigenvalue weighted by Gasteiger charge is -2.10. The van der Waals surface area contributed by atoms with Crippen LogP contribution in [0.25, 0.3) is 0 Å². The van der Waals surface area contributed by atoms with E-state index in [2.05, 4.69) is 0 Å². The lowest BCUT2D eigenvalue weighted by atomic mass is 10.2. The molecule has 2 aromatic rings. The first-order valence-electron chi connectivity index (χ1n) is 6.79. The van der Waals surface area contributed by atoms with E-state index < -0.39 is 16.2 Å². The molecule has 0 aliphatic carbocycles. The fourth-order valence-electron chi connectivity index (χ4n) is 1.72. The highest BCUT2D eigenvalue weighted by atomic mass is 32.2. The van der Waals surface area contributed by atoms with Gasteiger partial charge in [-0.1, -0.05) is 36.0 Å². The summed E-state index contributed by atoms with van der Waals surface area (Å²) < 4.78 is 29.1. The van der Waals surface area contributed by atoms with Gasteiger partial charge in [0.05, 0.1) is 17.6 Å². The van der Waals surface area contributed by atoms with Crippen LogP contribution in [0.2, 0.25) is 0 Å². The second-order valence-corrected chi connectivity index (χ2v) is 7.66. The Labute approximate surface area is 135 Å². The molecule has 0 heterocycles. The van der Waals surface area contributed by atoms with Gasteiger partial charge in [-0.25, -0.2) is 0 Å². The Bertz CT molecular complexity index is 725. The molecule has 0 unspecified atom stereocenters. The zero-order chi connectivity index (χ0) is 16.2. The number of rotatable bonds is 6. The molecule has 6 heteroatoms. The molecular weight excluding hydrogens is 320 g/mol. The summed E-state index contributed by atoms with van der Waals surface area (Å²) in [6.07, 6.45) is -0.835. The van der Waals surface area contributed by atoms with Gasteiger partial charge in [-0.3, -0.25) is 4.18 Å². The van der Waals surface area contributed by atoms with E-state index in [1.807, 2.05) is 37.3 Å². The lowest BCUT2D eigenvalue weighted by Crippen LogP contribution is -2.15. The average molecular weight is 338 g/mol. The van der Waals surface area contributed by atoms with Gasteiger partial charge < -0.3 is 5.11 Å². The molecule has 0 fully saturated rings. The number of hydrogen-bond donors (Lipinski definition) is 1. The summed E-state index contributed by atoms with van der Waals surface area (Å²) in [4.78, 5) is 1.98. The van der Waals surface area contributed by atoms with Gasteiger partial charge in [-0.2, -0.15) is 8.42 Å². The van der Waals surface area contributed by atoms with Gasteiger partial charge in [-0.05, 0) is 43.7 Å². The second-order valence-electron chi connectivity index (χ2n) is 4.93. The lowest BCUT2D eigenvalue weighted by molar-refractivity contribution is 0.126. The number of hydrogen-bond acceptors (Lipinski definition) is 5. The van der Waals surface area contributed by atoms with E-state index in [0.717, 1.165) is 15.4 Å². The van der Waals surface area contributed by atoms with Crippen LogP contribution in [0.5, 0.6) is 0 Å². The van der Waals surface area contributed by atoms with Crippen LogP contribution in [0, 0.1) is 6.92 Å². The minimum absolute atomic E-state index is 0.0946. The topological polar surface area (TPSA) is 63.6 Å². The van der Waals surface area contributed by atoms with E-state index in [1.165, 1.54) is 24.8 Å². The Balaban J connectivity index is 2.26. The highest BCUT2D eigenvalue weighted by Gasteiger charge is 2.17. The second kappa shape index (κ2) is 7.28. The van der Waals surface area contributed by atoms with Crippen LogP contribution in [-0.4, -0.2) is 26.2 Å². The van der Waals surface area contributed by atoms with Crippen LogP contribution >= 0.6 is 11.8 Å². The molecule has 0 aliphatic heterocycles. The molecule has 0 aromatic heterocycles. The van der Waals surface area contributed by atoms with Crippen molar-refractivity contribution < 1.29 is 17.7 Å². The van der Waals surface area contributed by atoms with Crippen molar-refractivity contribution in [3.63, 3.8) is 0 Å². The molecule has 0 saturated heterocycles. The van der Waals surface area contributed by atoms with Crippen LogP contribution in [0.15, 0.2) is 63.2 Å². The van der Waals surface area contributed by atoms with Crippen LogP contribution in [0.3, 0.4) is 0 Å². The first kappa shape index (κ1) is 17.0. The van der Waals surface area contributed by atoms with Crippen molar-refractivity contribution in [2.75, 3.05) is 6.61 Å². The zero-order valence-electron chi connectivity index (χ0n) is 12.4. The molecule has 1 N–H and O–H groups in total. The van der Waals surface area contributed by atoms with Gasteiger partial charge in [-0.15, -0.1) is 0 Å². The first-order valence-corrected chi connectivity index (χ1v) is 9.02. The Kier molecular flexibility index (Phi) is 5.63. The quantitative estimate of drug-likeness (QED) is 0.819. The molecule has 1 atom stereocenters. The molecule has 0 bridgehead atoms. The zero-order valence-corrected chi connectivity index (χ0v) is 14.0. The molecule has 2 aromatic carbocycles. The van der Waals surface area contributed by atoms with Crippen molar-refractivity contribution in [1.29, 1.82) is 0 Å². The minimum Gasteiger partial charge on any atom is -0.391 e. The van der Waals surface area contributed by atoms with Crippen LogP contribution < -0.4 is 0 Å². The third-order valence-corrected chi connectivity index (χ3v) is 5.33. The third kappa shape index (κ3) is 4.58. The summed E-state index contributed by atoms with van der Waals surface area (Å²) in [5.74, 6) is 0. The standard InChI is InChI=1S/C16H18O4S2/c1-12-8-9-15(22(18,19)20-11-13(2)17)10-16(12)21-14-6-4-3-5-7-14/h3-10,13,17H,11H2,1-2H3/t13-/m0/s1. The molecule has 0 amide bonds. The molecule has 0 aliphatic rings. The largest absolute Gasteiger partial charge is 0.391 e. The highest BCUT2D eigenvalue weighted by Crippen LogP contribution is 2.32. The maximum Gasteiger partial charge on any atom is 0.297 e. The van der Waals surface area contributed by atoms with Crippen LogP contribution in [0.4, 0.5) is 0 Å². The van der Waals surface area contributed by atoms with Gasteiger partial charge >= 0.3 is 0 Å². The maximum absolute atomic E-state index is 12.1. The molecule has 22 heavy (non-hydrogen) atoms. The van der Waals surface area contributed by atoms with E-state index in [9.17, 15) is 8.42 Å². The minimum atomic E-state index is -3.86. The van der Waals surface area contributed by atoms with E-state index in [1.54, 1.807) is 12.1 Å². The Morgan fingerprint density at radius 1 is 1.18 bits per heavy atom. The maximum atomic E-state index is 12.1. The predicted octanol–water partition coefficient (Wildman–Crippen LogP) is 3.23. The van der Waals surface area contributed by atoms with Crippen LogP contribution in [0.1, 0.15) is 12.5 Å². The molecule has 0 radical (unpaired) electrons. The Morgan fingerprint density at radius 3 is 2.50 bits per heavy atom. The molecule has 118 valence electrons. The Hall–Kier alpha value is -1.34. The molecule has 0 saturated carbocycles. The molecule has 0 spiro atoms. The van der Waals surface area contributed by atoms with Gasteiger partial charge in [0, 0.05) is 9.79 Å². The van der Waals surface area contributed by atoms with Gasteiger partial charge in [0.15, 0.2) is 0 Å².